The summed E-state index contributed by atoms with van der Waals surface area (Å²) in [7, 11) is 0. The van der Waals surface area contributed by atoms with Gasteiger partial charge in [0.25, 0.3) is 0 Å². The van der Waals surface area contributed by atoms with Crippen molar-refractivity contribution in [2.75, 3.05) is 0 Å². The predicted octanol–water partition coefficient (Wildman–Crippen LogP) is 5.27. The highest BCUT2D eigenvalue weighted by Crippen LogP contribution is 2.61. The highest BCUT2D eigenvalue weighted by Gasteiger charge is 2.51. The Morgan fingerprint density at radius 2 is 2.00 bits per heavy atom. The first-order valence-electron chi connectivity index (χ1n) is 8.94. The smallest absolute Gasteiger partial charge is 0.115 e. The average Bonchev–Trinajstić information content (AvgIpc) is 2.85. The largest absolute Gasteiger partial charge is 0.508 e. The van der Waals surface area contributed by atoms with Crippen LogP contribution in [0, 0.1) is 23.2 Å². The lowest BCUT2D eigenvalue weighted by atomic mass is 9.58. The molecule has 0 saturated heterocycles. The van der Waals surface area contributed by atoms with Gasteiger partial charge in [0.15, 0.2) is 0 Å². The van der Waals surface area contributed by atoms with Crippen molar-refractivity contribution in [1.82, 2.24) is 0 Å². The van der Waals surface area contributed by atoms with E-state index in [1.54, 1.807) is 5.56 Å². The fourth-order valence-electron chi connectivity index (χ4n) is 6.08. The quantitative estimate of drug-likeness (QED) is 0.744. The Kier molecular flexibility index (Phi) is 3.10. The third-order valence-electron chi connectivity index (χ3n) is 7.40. The van der Waals surface area contributed by atoms with Crippen molar-refractivity contribution >= 4 is 0 Å². The maximum absolute atomic E-state index is 9.74. The van der Waals surface area contributed by atoms with Crippen molar-refractivity contribution in [3.05, 3.63) is 29.3 Å². The van der Waals surface area contributed by atoms with Crippen LogP contribution in [-0.2, 0) is 6.42 Å². The molecular formula is C20H28O. The first kappa shape index (κ1) is 13.7. The Labute approximate surface area is 128 Å². The molecule has 1 N–H and O–H groups in total. The predicted molar refractivity (Wildman–Crippen MR) is 86.5 cm³/mol. The highest BCUT2D eigenvalue weighted by molar-refractivity contribution is 5.40. The molecule has 0 bridgehead atoms. The third-order valence-corrected chi connectivity index (χ3v) is 7.40. The molecule has 0 aromatic heterocycles. The molecule has 0 heterocycles. The minimum absolute atomic E-state index is 0.445. The number of aryl methyl sites for hydroxylation is 1. The van der Waals surface area contributed by atoms with Gasteiger partial charge in [0, 0.05) is 0 Å². The SMILES string of the molecule is CC[C@@]1(C)CC[C@@H]2[C@H]3CCc4cc(O)ccc4[C@@H]3CC[C@@H]21. The molecule has 0 unspecified atom stereocenters. The van der Waals surface area contributed by atoms with Gasteiger partial charge < -0.3 is 5.11 Å². The van der Waals surface area contributed by atoms with Gasteiger partial charge in [-0.25, -0.2) is 0 Å². The maximum Gasteiger partial charge on any atom is 0.115 e. The number of phenolic OH excluding ortho intramolecular Hbond substituents is 1. The second-order valence-electron chi connectivity index (χ2n) is 8.09. The Balaban J connectivity index is 1.66. The molecule has 1 nitrogen and oxygen atoms in total. The van der Waals surface area contributed by atoms with E-state index in [-0.39, 0.29) is 0 Å². The van der Waals surface area contributed by atoms with Gasteiger partial charge in [-0.3, -0.25) is 0 Å². The Morgan fingerprint density at radius 3 is 2.81 bits per heavy atom. The number of benzene rings is 1. The zero-order valence-electron chi connectivity index (χ0n) is 13.4. The van der Waals surface area contributed by atoms with Crippen molar-refractivity contribution < 1.29 is 5.11 Å². The van der Waals surface area contributed by atoms with Gasteiger partial charge in [0.05, 0.1) is 0 Å². The minimum atomic E-state index is 0.445. The number of hydrogen-bond acceptors (Lipinski definition) is 1. The number of aromatic hydroxyl groups is 1. The van der Waals surface area contributed by atoms with Crippen molar-refractivity contribution in [2.45, 2.75) is 64.7 Å². The van der Waals surface area contributed by atoms with E-state index in [9.17, 15) is 5.11 Å². The molecule has 0 amide bonds. The standard InChI is InChI=1S/C20H28O/c1-3-20(2)11-10-18-17-6-4-13-12-14(21)5-7-15(13)16(17)8-9-19(18)20/h5,7,12,16-19,21H,3-4,6,8-11H2,1-2H3/t16-,17-,18+,19-,20-/m0/s1. The molecule has 0 spiro atoms. The zero-order chi connectivity index (χ0) is 14.6. The van der Waals surface area contributed by atoms with Crippen LogP contribution >= 0.6 is 0 Å². The third kappa shape index (κ3) is 1.96. The van der Waals surface area contributed by atoms with E-state index in [2.05, 4.69) is 19.9 Å². The molecule has 0 radical (unpaired) electrons. The van der Waals surface area contributed by atoms with Crippen LogP contribution in [0.3, 0.4) is 0 Å². The van der Waals surface area contributed by atoms with Crippen LogP contribution in [0.2, 0.25) is 0 Å². The van der Waals surface area contributed by atoms with E-state index in [0.29, 0.717) is 11.2 Å². The lowest BCUT2D eigenvalue weighted by molar-refractivity contribution is 0.0740. The van der Waals surface area contributed by atoms with Gasteiger partial charge >= 0.3 is 0 Å². The molecule has 3 aliphatic rings. The van der Waals surface area contributed by atoms with Crippen LogP contribution < -0.4 is 0 Å². The van der Waals surface area contributed by atoms with Crippen LogP contribution in [0.25, 0.3) is 0 Å². The van der Waals surface area contributed by atoms with Crippen LogP contribution in [0.15, 0.2) is 18.2 Å². The summed E-state index contributed by atoms with van der Waals surface area (Å²) in [5.74, 6) is 4.07. The summed E-state index contributed by atoms with van der Waals surface area (Å²) < 4.78 is 0. The van der Waals surface area contributed by atoms with E-state index >= 15 is 0 Å². The van der Waals surface area contributed by atoms with Crippen LogP contribution in [0.4, 0.5) is 0 Å². The summed E-state index contributed by atoms with van der Waals surface area (Å²) in [6, 6.07) is 6.14. The first-order chi connectivity index (χ1) is 10.1. The van der Waals surface area contributed by atoms with E-state index in [1.807, 2.05) is 12.1 Å². The maximum atomic E-state index is 9.74. The van der Waals surface area contributed by atoms with Crippen LogP contribution in [-0.4, -0.2) is 5.11 Å². The summed E-state index contributed by atoms with van der Waals surface area (Å²) in [5, 5.41) is 9.74. The Hall–Kier alpha value is -0.980. The first-order valence-corrected chi connectivity index (χ1v) is 8.94. The molecule has 114 valence electrons. The molecule has 4 rings (SSSR count). The van der Waals surface area contributed by atoms with Gasteiger partial charge in [-0.2, -0.15) is 0 Å². The zero-order valence-corrected chi connectivity index (χ0v) is 13.4. The van der Waals surface area contributed by atoms with Crippen molar-refractivity contribution in [2.24, 2.45) is 23.2 Å². The Morgan fingerprint density at radius 1 is 1.14 bits per heavy atom. The molecule has 3 aliphatic carbocycles. The molecule has 1 heteroatoms. The van der Waals surface area contributed by atoms with Gasteiger partial charge in [-0.05, 0) is 90.9 Å². The summed E-state index contributed by atoms with van der Waals surface area (Å²) in [6.45, 7) is 4.94. The van der Waals surface area contributed by atoms with Crippen molar-refractivity contribution in [1.29, 1.82) is 0 Å². The normalized spacial score (nSPS) is 41.2. The average molecular weight is 284 g/mol. The van der Waals surface area contributed by atoms with Gasteiger partial charge in [-0.1, -0.05) is 26.3 Å². The Bertz CT molecular complexity index is 549. The summed E-state index contributed by atoms with van der Waals surface area (Å²) >= 11 is 0. The fourth-order valence-corrected chi connectivity index (χ4v) is 6.08. The molecular weight excluding hydrogens is 256 g/mol. The molecule has 0 aliphatic heterocycles. The number of fused-ring (bicyclic) bond motifs is 5. The fraction of sp³-hybridized carbons (Fsp3) is 0.700. The van der Waals surface area contributed by atoms with E-state index < -0.39 is 0 Å². The monoisotopic (exact) mass is 284 g/mol. The van der Waals surface area contributed by atoms with Crippen LogP contribution in [0.1, 0.15) is 69.4 Å². The summed E-state index contributed by atoms with van der Waals surface area (Å²) in [6.07, 6.45) is 9.60. The minimum Gasteiger partial charge on any atom is -0.508 e. The second-order valence-corrected chi connectivity index (χ2v) is 8.09. The van der Waals surface area contributed by atoms with E-state index in [0.717, 1.165) is 23.7 Å². The van der Waals surface area contributed by atoms with E-state index in [1.165, 1.54) is 50.5 Å². The van der Waals surface area contributed by atoms with Crippen molar-refractivity contribution in [3.8, 4) is 5.75 Å². The summed E-state index contributed by atoms with van der Waals surface area (Å²) in [4.78, 5) is 0. The van der Waals surface area contributed by atoms with Gasteiger partial charge in [0.1, 0.15) is 5.75 Å². The molecule has 1 aromatic carbocycles. The summed E-state index contributed by atoms with van der Waals surface area (Å²) in [5.41, 5.74) is 3.60. The van der Waals surface area contributed by atoms with Gasteiger partial charge in [-0.15, -0.1) is 0 Å². The highest BCUT2D eigenvalue weighted by atomic mass is 16.3. The van der Waals surface area contributed by atoms with Crippen LogP contribution in [0.5, 0.6) is 5.75 Å². The molecule has 1 aromatic rings. The lowest BCUT2D eigenvalue weighted by Crippen LogP contribution is -2.38. The second kappa shape index (κ2) is 4.76. The number of rotatable bonds is 1. The van der Waals surface area contributed by atoms with Crippen molar-refractivity contribution in [3.63, 3.8) is 0 Å². The number of hydrogen-bond donors (Lipinski definition) is 1. The topological polar surface area (TPSA) is 20.2 Å². The molecule has 2 saturated carbocycles. The molecule has 2 fully saturated rings. The molecule has 21 heavy (non-hydrogen) atoms. The number of phenols is 1. The van der Waals surface area contributed by atoms with E-state index in [4.69, 9.17) is 0 Å². The lowest BCUT2D eigenvalue weighted by Gasteiger charge is -2.47. The van der Waals surface area contributed by atoms with Gasteiger partial charge in [0.2, 0.25) is 0 Å². The molecule has 5 atom stereocenters.